The number of pyridine rings is 1. The molecule has 0 N–H and O–H groups in total. The molecule has 2 aromatic carbocycles. The molecule has 0 bridgehead atoms. The molecule has 0 saturated heterocycles. The lowest BCUT2D eigenvalue weighted by Crippen LogP contribution is -2.20. The average molecular weight is 344 g/mol. The third-order valence-electron chi connectivity index (χ3n) is 4.92. The van der Waals surface area contributed by atoms with E-state index in [1.165, 1.54) is 11.3 Å². The first-order chi connectivity index (χ1) is 12.7. The molecule has 0 fully saturated rings. The van der Waals surface area contributed by atoms with Crippen LogP contribution in [0.15, 0.2) is 59.6 Å². The minimum Gasteiger partial charge on any atom is -0.366 e. The lowest BCUT2D eigenvalue weighted by Gasteiger charge is -2.20. The number of aliphatic imine (C=N–C) groups is 1. The van der Waals surface area contributed by atoms with Gasteiger partial charge in [-0.2, -0.15) is 0 Å². The summed E-state index contributed by atoms with van der Waals surface area (Å²) in [5, 5.41) is 1.13. The highest BCUT2D eigenvalue weighted by molar-refractivity contribution is 5.98. The molecule has 4 rings (SSSR count). The lowest BCUT2D eigenvalue weighted by molar-refractivity contribution is 0.608. The van der Waals surface area contributed by atoms with Crippen LogP contribution in [0.4, 0.5) is 17.2 Å². The van der Waals surface area contributed by atoms with Crippen LogP contribution in [0.1, 0.15) is 18.9 Å². The van der Waals surface area contributed by atoms with Crippen LogP contribution in [0, 0.1) is 0 Å². The van der Waals surface area contributed by atoms with Gasteiger partial charge in [-0.25, -0.2) is 9.98 Å². The molecule has 0 spiro atoms. The van der Waals surface area contributed by atoms with Gasteiger partial charge in [0.05, 0.1) is 11.2 Å². The maximum atomic E-state index is 5.08. The molecular formula is C22H24N4. The number of nitrogens with zero attached hydrogens (tertiary/aromatic N) is 4. The molecule has 0 radical (unpaired) electrons. The normalized spacial score (nSPS) is 14.0. The van der Waals surface area contributed by atoms with Crippen molar-refractivity contribution in [1.29, 1.82) is 0 Å². The summed E-state index contributed by atoms with van der Waals surface area (Å²) in [5.41, 5.74) is 4.52. The van der Waals surface area contributed by atoms with E-state index >= 15 is 0 Å². The molecule has 4 nitrogen and oxygen atoms in total. The predicted molar refractivity (Wildman–Crippen MR) is 110 cm³/mol. The topological polar surface area (TPSA) is 31.7 Å². The molecule has 2 heterocycles. The number of rotatable bonds is 3. The third kappa shape index (κ3) is 2.81. The van der Waals surface area contributed by atoms with E-state index in [0.717, 1.165) is 47.6 Å². The summed E-state index contributed by atoms with van der Waals surface area (Å²) in [4.78, 5) is 14.5. The molecular weight excluding hydrogens is 320 g/mol. The van der Waals surface area contributed by atoms with Crippen LogP contribution in [-0.2, 0) is 6.42 Å². The molecule has 1 aliphatic heterocycles. The zero-order chi connectivity index (χ0) is 18.1. The number of hydrogen-bond acceptors (Lipinski definition) is 3. The highest BCUT2D eigenvalue weighted by Gasteiger charge is 2.26. The van der Waals surface area contributed by atoms with E-state index in [4.69, 9.17) is 9.98 Å². The van der Waals surface area contributed by atoms with Crippen molar-refractivity contribution in [2.75, 3.05) is 25.5 Å². The summed E-state index contributed by atoms with van der Waals surface area (Å²) in [6.45, 7) is 3.09. The van der Waals surface area contributed by atoms with Crippen molar-refractivity contribution in [2.24, 2.45) is 4.99 Å². The van der Waals surface area contributed by atoms with E-state index in [1.807, 2.05) is 6.07 Å². The standard InChI is InChI=1S/C22H24N4/c1-4-20(25(2)3)24-21-17-12-8-9-13-19(17)23-22-18(21)14-15-26(22)16-10-6-5-7-11-16/h5-13H,4,14-15H2,1-3H3. The van der Waals surface area contributed by atoms with Gasteiger partial charge in [-0.1, -0.05) is 43.3 Å². The van der Waals surface area contributed by atoms with Crippen LogP contribution in [0.2, 0.25) is 0 Å². The summed E-state index contributed by atoms with van der Waals surface area (Å²) in [5.74, 6) is 2.13. The van der Waals surface area contributed by atoms with Crippen LogP contribution < -0.4 is 4.90 Å². The highest BCUT2D eigenvalue weighted by Crippen LogP contribution is 2.42. The van der Waals surface area contributed by atoms with Gasteiger partial charge in [-0.05, 0) is 24.6 Å². The monoisotopic (exact) mass is 344 g/mol. The Kier molecular flexibility index (Phi) is 4.33. The van der Waals surface area contributed by atoms with Crippen LogP contribution in [0.5, 0.6) is 0 Å². The SMILES string of the molecule is CCC(=Nc1c2c(nc3ccccc13)N(c1ccccc1)CC2)N(C)C. The Balaban J connectivity index is 1.95. The van der Waals surface area contributed by atoms with Gasteiger partial charge in [0.2, 0.25) is 0 Å². The van der Waals surface area contributed by atoms with Crippen LogP contribution in [0.3, 0.4) is 0 Å². The number of benzene rings is 2. The maximum Gasteiger partial charge on any atom is 0.139 e. The van der Waals surface area contributed by atoms with Gasteiger partial charge >= 0.3 is 0 Å². The Morgan fingerprint density at radius 1 is 1.08 bits per heavy atom. The average Bonchev–Trinajstić information content (AvgIpc) is 3.09. The smallest absolute Gasteiger partial charge is 0.139 e. The minimum atomic E-state index is 0.904. The van der Waals surface area contributed by atoms with Crippen molar-refractivity contribution >= 4 is 33.9 Å². The fourth-order valence-corrected chi connectivity index (χ4v) is 3.62. The van der Waals surface area contributed by atoms with Crippen molar-refractivity contribution in [2.45, 2.75) is 19.8 Å². The predicted octanol–water partition coefficient (Wildman–Crippen LogP) is 4.93. The molecule has 1 aromatic heterocycles. The molecule has 0 unspecified atom stereocenters. The molecule has 0 amide bonds. The summed E-state index contributed by atoms with van der Waals surface area (Å²) in [7, 11) is 4.12. The summed E-state index contributed by atoms with van der Waals surface area (Å²) >= 11 is 0. The maximum absolute atomic E-state index is 5.08. The van der Waals surface area contributed by atoms with Gasteiger partial charge in [-0.15, -0.1) is 0 Å². The minimum absolute atomic E-state index is 0.904. The summed E-state index contributed by atoms with van der Waals surface area (Å²) in [6, 6.07) is 18.8. The molecule has 132 valence electrons. The van der Waals surface area contributed by atoms with Gasteiger partial charge < -0.3 is 9.80 Å². The zero-order valence-corrected chi connectivity index (χ0v) is 15.6. The fourth-order valence-electron chi connectivity index (χ4n) is 3.62. The lowest BCUT2D eigenvalue weighted by atomic mass is 10.1. The fraction of sp³-hybridized carbons (Fsp3) is 0.273. The van der Waals surface area contributed by atoms with Gasteiger partial charge in [-0.3, -0.25) is 0 Å². The molecule has 26 heavy (non-hydrogen) atoms. The molecule has 3 aromatic rings. The van der Waals surface area contributed by atoms with Gasteiger partial charge in [0.1, 0.15) is 11.7 Å². The molecule has 1 aliphatic rings. The largest absolute Gasteiger partial charge is 0.366 e. The van der Waals surface area contributed by atoms with Crippen molar-refractivity contribution in [3.63, 3.8) is 0 Å². The van der Waals surface area contributed by atoms with E-state index in [0.29, 0.717) is 0 Å². The molecule has 0 aliphatic carbocycles. The van der Waals surface area contributed by atoms with Crippen molar-refractivity contribution < 1.29 is 0 Å². The quantitative estimate of drug-likeness (QED) is 0.499. The van der Waals surface area contributed by atoms with E-state index in [-0.39, 0.29) is 0 Å². The van der Waals surface area contributed by atoms with Crippen molar-refractivity contribution in [3.8, 4) is 0 Å². The molecule has 0 saturated carbocycles. The molecule has 0 atom stereocenters. The number of aromatic nitrogens is 1. The number of hydrogen-bond donors (Lipinski definition) is 0. The Morgan fingerprint density at radius 3 is 2.54 bits per heavy atom. The summed E-state index contributed by atoms with van der Waals surface area (Å²) < 4.78 is 0. The zero-order valence-electron chi connectivity index (χ0n) is 15.6. The first-order valence-corrected chi connectivity index (χ1v) is 9.18. The number of anilines is 2. The Labute approximate surface area is 154 Å². The first kappa shape index (κ1) is 16.6. The van der Waals surface area contributed by atoms with Crippen molar-refractivity contribution in [3.05, 3.63) is 60.2 Å². The Morgan fingerprint density at radius 2 is 1.81 bits per heavy atom. The Hall–Kier alpha value is -2.88. The molecule has 4 heteroatoms. The Bertz CT molecular complexity index is 961. The first-order valence-electron chi connectivity index (χ1n) is 9.18. The number of para-hydroxylation sites is 2. The van der Waals surface area contributed by atoms with Crippen LogP contribution >= 0.6 is 0 Å². The number of amidine groups is 1. The van der Waals surface area contributed by atoms with Gasteiger partial charge in [0, 0.05) is 43.7 Å². The van der Waals surface area contributed by atoms with E-state index < -0.39 is 0 Å². The van der Waals surface area contributed by atoms with Crippen LogP contribution in [-0.4, -0.2) is 36.4 Å². The third-order valence-corrected chi connectivity index (χ3v) is 4.92. The highest BCUT2D eigenvalue weighted by atomic mass is 15.2. The summed E-state index contributed by atoms with van der Waals surface area (Å²) in [6.07, 6.45) is 1.87. The second-order valence-electron chi connectivity index (χ2n) is 6.79. The second-order valence-corrected chi connectivity index (χ2v) is 6.79. The van der Waals surface area contributed by atoms with E-state index in [2.05, 4.69) is 79.3 Å². The number of fused-ring (bicyclic) bond motifs is 2. The van der Waals surface area contributed by atoms with E-state index in [9.17, 15) is 0 Å². The second kappa shape index (κ2) is 6.79. The van der Waals surface area contributed by atoms with Gasteiger partial charge in [0.25, 0.3) is 0 Å². The van der Waals surface area contributed by atoms with Crippen molar-refractivity contribution in [1.82, 2.24) is 9.88 Å². The van der Waals surface area contributed by atoms with Crippen LogP contribution in [0.25, 0.3) is 10.9 Å². The van der Waals surface area contributed by atoms with Gasteiger partial charge in [0.15, 0.2) is 0 Å². The van der Waals surface area contributed by atoms with E-state index in [1.54, 1.807) is 0 Å².